The van der Waals surface area contributed by atoms with E-state index in [4.69, 9.17) is 0 Å². The molecule has 0 nitrogen and oxygen atoms in total. The Hall–Kier alpha value is -2.86. The molecule has 0 fully saturated rings. The molecule has 0 radical (unpaired) electrons. The molecule has 0 aliphatic rings. The van der Waals surface area contributed by atoms with Crippen molar-refractivity contribution in [3.8, 4) is 0 Å². The lowest BCUT2D eigenvalue weighted by Gasteiger charge is -2.15. The summed E-state index contributed by atoms with van der Waals surface area (Å²) in [7, 11) is 0. The zero-order chi connectivity index (χ0) is 19.3. The summed E-state index contributed by atoms with van der Waals surface area (Å²) in [4.78, 5) is 0. The van der Waals surface area contributed by atoms with Crippen molar-refractivity contribution in [3.05, 3.63) is 118 Å². The Balaban J connectivity index is 1.83. The highest BCUT2D eigenvalue weighted by Crippen LogP contribution is 2.28. The summed E-state index contributed by atoms with van der Waals surface area (Å²) in [5.41, 5.74) is 8.59. The molecule has 0 unspecified atom stereocenters. The molecule has 4 aromatic carbocycles. The lowest BCUT2D eigenvalue weighted by molar-refractivity contribution is 1.04. The minimum absolute atomic E-state index is 0.982. The van der Waals surface area contributed by atoms with Crippen LogP contribution in [-0.2, 0) is 25.7 Å². The van der Waals surface area contributed by atoms with E-state index in [0.29, 0.717) is 0 Å². The van der Waals surface area contributed by atoms with Gasteiger partial charge in [0.1, 0.15) is 0 Å². The number of aryl methyl sites for hydroxylation is 2. The molecule has 28 heavy (non-hydrogen) atoms. The van der Waals surface area contributed by atoms with Gasteiger partial charge in [-0.2, -0.15) is 0 Å². The average molecular weight is 365 g/mol. The molecule has 0 bridgehead atoms. The number of hydrogen-bond acceptors (Lipinski definition) is 0. The van der Waals surface area contributed by atoms with Crippen molar-refractivity contribution in [1.82, 2.24) is 0 Å². The van der Waals surface area contributed by atoms with Crippen molar-refractivity contribution in [2.45, 2.75) is 39.5 Å². The van der Waals surface area contributed by atoms with Crippen LogP contribution in [0, 0.1) is 0 Å². The first kappa shape index (κ1) is 18.5. The molecule has 0 spiro atoms. The zero-order valence-corrected chi connectivity index (χ0v) is 16.9. The van der Waals surface area contributed by atoms with Crippen LogP contribution in [0.15, 0.2) is 84.9 Å². The molecule has 0 aliphatic carbocycles. The van der Waals surface area contributed by atoms with Gasteiger partial charge in [-0.15, -0.1) is 0 Å². The van der Waals surface area contributed by atoms with Gasteiger partial charge in [-0.3, -0.25) is 0 Å². The molecular weight excluding hydrogens is 336 g/mol. The second-order valence-electron chi connectivity index (χ2n) is 7.62. The van der Waals surface area contributed by atoms with Gasteiger partial charge in [-0.1, -0.05) is 98.8 Å². The van der Waals surface area contributed by atoms with E-state index in [-0.39, 0.29) is 0 Å². The first-order chi connectivity index (χ1) is 13.8. The Morgan fingerprint density at radius 1 is 0.464 bits per heavy atom. The normalized spacial score (nSPS) is 11.1. The molecule has 4 rings (SSSR count). The van der Waals surface area contributed by atoms with E-state index in [2.05, 4.69) is 98.8 Å². The molecule has 0 amide bonds. The number of hydrogen-bond donors (Lipinski definition) is 0. The Labute approximate surface area is 168 Å². The highest BCUT2D eigenvalue weighted by atomic mass is 14.1. The van der Waals surface area contributed by atoms with E-state index in [1.165, 1.54) is 44.2 Å². The van der Waals surface area contributed by atoms with E-state index in [9.17, 15) is 0 Å². The maximum absolute atomic E-state index is 2.43. The van der Waals surface area contributed by atoms with E-state index >= 15 is 0 Å². The highest BCUT2D eigenvalue weighted by Gasteiger charge is 2.10. The Kier molecular flexibility index (Phi) is 5.58. The van der Waals surface area contributed by atoms with Crippen molar-refractivity contribution in [2.75, 3.05) is 0 Å². The van der Waals surface area contributed by atoms with Crippen LogP contribution in [0.3, 0.4) is 0 Å². The predicted molar refractivity (Wildman–Crippen MR) is 121 cm³/mol. The van der Waals surface area contributed by atoms with Crippen molar-refractivity contribution in [1.29, 1.82) is 0 Å². The Bertz CT molecular complexity index is 971. The van der Waals surface area contributed by atoms with Gasteiger partial charge in [-0.25, -0.2) is 0 Å². The van der Waals surface area contributed by atoms with Gasteiger partial charge in [-0.05, 0) is 69.8 Å². The van der Waals surface area contributed by atoms with Crippen LogP contribution in [0.25, 0.3) is 10.8 Å². The topological polar surface area (TPSA) is 0 Å². The standard InChI is InChI=1S/C28H28/c1-3-23-17-27-19-25(15-21-11-7-5-8-12-21)26(16-22-13-9-6-10-14-22)20-28(27)18-24(23)4-2/h5-14,17-20H,3-4,15-16H2,1-2H3. The van der Waals surface area contributed by atoms with Crippen LogP contribution in [0.2, 0.25) is 0 Å². The van der Waals surface area contributed by atoms with Crippen LogP contribution in [-0.4, -0.2) is 0 Å². The van der Waals surface area contributed by atoms with E-state index in [0.717, 1.165) is 25.7 Å². The van der Waals surface area contributed by atoms with Gasteiger partial charge in [0, 0.05) is 0 Å². The van der Waals surface area contributed by atoms with Crippen molar-refractivity contribution >= 4 is 10.8 Å². The van der Waals surface area contributed by atoms with E-state index < -0.39 is 0 Å². The van der Waals surface area contributed by atoms with Crippen molar-refractivity contribution < 1.29 is 0 Å². The quantitative estimate of drug-likeness (QED) is 0.341. The van der Waals surface area contributed by atoms with Crippen LogP contribution in [0.4, 0.5) is 0 Å². The van der Waals surface area contributed by atoms with Gasteiger partial charge >= 0.3 is 0 Å². The molecule has 140 valence electrons. The summed E-state index contributed by atoms with van der Waals surface area (Å²) in [6.45, 7) is 4.52. The van der Waals surface area contributed by atoms with Crippen LogP contribution in [0.5, 0.6) is 0 Å². The maximum atomic E-state index is 2.43. The minimum Gasteiger partial charge on any atom is -0.0622 e. The third-order valence-electron chi connectivity index (χ3n) is 5.71. The van der Waals surface area contributed by atoms with Crippen LogP contribution >= 0.6 is 0 Å². The molecule has 4 aromatic rings. The van der Waals surface area contributed by atoms with E-state index in [1.807, 2.05) is 0 Å². The lowest BCUT2D eigenvalue weighted by atomic mass is 9.90. The molecule has 0 saturated heterocycles. The lowest BCUT2D eigenvalue weighted by Crippen LogP contribution is -1.99. The molecular formula is C28H28. The summed E-state index contributed by atoms with van der Waals surface area (Å²) in [5.74, 6) is 0. The summed E-state index contributed by atoms with van der Waals surface area (Å²) in [6.07, 6.45) is 4.16. The molecule has 0 heteroatoms. The first-order valence-electron chi connectivity index (χ1n) is 10.4. The summed E-state index contributed by atoms with van der Waals surface area (Å²) >= 11 is 0. The first-order valence-corrected chi connectivity index (χ1v) is 10.4. The van der Waals surface area contributed by atoms with Crippen LogP contribution in [0.1, 0.15) is 47.2 Å². The predicted octanol–water partition coefficient (Wildman–Crippen LogP) is 7.15. The molecule has 0 heterocycles. The highest BCUT2D eigenvalue weighted by molar-refractivity contribution is 5.86. The van der Waals surface area contributed by atoms with Gasteiger partial charge in [0.2, 0.25) is 0 Å². The third-order valence-corrected chi connectivity index (χ3v) is 5.71. The Morgan fingerprint density at radius 2 is 0.821 bits per heavy atom. The fraction of sp³-hybridized carbons (Fsp3) is 0.214. The summed E-state index contributed by atoms with van der Waals surface area (Å²) in [5, 5.41) is 2.74. The monoisotopic (exact) mass is 364 g/mol. The Morgan fingerprint density at radius 3 is 1.18 bits per heavy atom. The zero-order valence-electron chi connectivity index (χ0n) is 16.9. The van der Waals surface area contributed by atoms with Gasteiger partial charge in [0.15, 0.2) is 0 Å². The molecule has 0 N–H and O–H groups in total. The fourth-order valence-electron chi connectivity index (χ4n) is 4.16. The van der Waals surface area contributed by atoms with Crippen molar-refractivity contribution in [2.24, 2.45) is 0 Å². The maximum Gasteiger partial charge on any atom is -0.00227 e. The average Bonchev–Trinajstić information content (AvgIpc) is 2.74. The SMILES string of the molecule is CCc1cc2cc(Cc3ccccc3)c(Cc3ccccc3)cc2cc1CC. The second-order valence-corrected chi connectivity index (χ2v) is 7.62. The molecule has 0 aromatic heterocycles. The minimum atomic E-state index is 0.982. The molecule has 0 atom stereocenters. The summed E-state index contributed by atoms with van der Waals surface area (Å²) in [6, 6.07) is 31.3. The summed E-state index contributed by atoms with van der Waals surface area (Å²) < 4.78 is 0. The fourth-order valence-corrected chi connectivity index (χ4v) is 4.16. The second kappa shape index (κ2) is 8.44. The number of rotatable bonds is 6. The van der Waals surface area contributed by atoms with Gasteiger partial charge in [0.25, 0.3) is 0 Å². The van der Waals surface area contributed by atoms with E-state index in [1.54, 1.807) is 0 Å². The van der Waals surface area contributed by atoms with Crippen molar-refractivity contribution in [3.63, 3.8) is 0 Å². The number of benzene rings is 4. The molecule has 0 aliphatic heterocycles. The van der Waals surface area contributed by atoms with Gasteiger partial charge < -0.3 is 0 Å². The van der Waals surface area contributed by atoms with Gasteiger partial charge in [0.05, 0.1) is 0 Å². The third kappa shape index (κ3) is 4.02. The van der Waals surface area contributed by atoms with Crippen LogP contribution < -0.4 is 0 Å². The molecule has 0 saturated carbocycles. The largest absolute Gasteiger partial charge is 0.0622 e. The smallest absolute Gasteiger partial charge is 0.00227 e. The number of fused-ring (bicyclic) bond motifs is 1.